The minimum absolute atomic E-state index is 0.0309. The summed E-state index contributed by atoms with van der Waals surface area (Å²) in [5, 5.41) is 0. The zero-order valence-electron chi connectivity index (χ0n) is 17.3. The van der Waals surface area contributed by atoms with Crippen molar-refractivity contribution in [2.45, 2.75) is 77.6 Å². The molecule has 1 saturated carbocycles. The molecule has 0 saturated heterocycles. The van der Waals surface area contributed by atoms with Gasteiger partial charge >= 0.3 is 0 Å². The lowest BCUT2D eigenvalue weighted by Crippen LogP contribution is -2.13. The first kappa shape index (κ1) is 20.8. The Morgan fingerprint density at radius 1 is 0.964 bits per heavy atom. The summed E-state index contributed by atoms with van der Waals surface area (Å²) >= 11 is 0. The van der Waals surface area contributed by atoms with Gasteiger partial charge in [-0.2, -0.15) is 0 Å². The Balaban J connectivity index is 1.59. The van der Waals surface area contributed by atoms with Gasteiger partial charge in [0.1, 0.15) is 5.82 Å². The number of ketones is 1. The van der Waals surface area contributed by atoms with E-state index in [4.69, 9.17) is 0 Å². The van der Waals surface area contributed by atoms with E-state index in [0.29, 0.717) is 17.0 Å². The molecule has 3 rings (SSSR count). The van der Waals surface area contributed by atoms with Crippen LogP contribution in [0, 0.1) is 11.7 Å². The lowest BCUT2D eigenvalue weighted by Gasteiger charge is -2.29. The Morgan fingerprint density at radius 3 is 2.29 bits per heavy atom. The molecule has 0 aliphatic heterocycles. The molecule has 0 bridgehead atoms. The van der Waals surface area contributed by atoms with Crippen molar-refractivity contribution in [1.82, 2.24) is 0 Å². The van der Waals surface area contributed by atoms with Crippen LogP contribution in [-0.4, -0.2) is 5.78 Å². The number of unbranched alkanes of at least 4 members (excludes halogenated alkanes) is 3. The van der Waals surface area contributed by atoms with Crippen molar-refractivity contribution in [3.63, 3.8) is 0 Å². The molecule has 0 atom stereocenters. The minimum atomic E-state index is -0.158. The molecule has 0 aromatic heterocycles. The number of Topliss-reactive ketones (excluding diaryl/α,β-unsaturated/α-hetero) is 1. The van der Waals surface area contributed by atoms with Gasteiger partial charge in [0.25, 0.3) is 0 Å². The van der Waals surface area contributed by atoms with Crippen LogP contribution >= 0.6 is 0 Å². The highest BCUT2D eigenvalue weighted by Gasteiger charge is 2.23. The smallest absolute Gasteiger partial charge is 0.159 e. The van der Waals surface area contributed by atoms with Crippen LogP contribution in [0.2, 0.25) is 0 Å². The quantitative estimate of drug-likeness (QED) is 0.335. The first-order valence-electron chi connectivity index (χ1n) is 11.0. The van der Waals surface area contributed by atoms with Gasteiger partial charge in [0.05, 0.1) is 0 Å². The Hall–Kier alpha value is -1.96. The zero-order valence-corrected chi connectivity index (χ0v) is 17.3. The summed E-state index contributed by atoms with van der Waals surface area (Å²) in [4.78, 5) is 11.4. The van der Waals surface area contributed by atoms with Crippen molar-refractivity contribution < 1.29 is 9.18 Å². The fourth-order valence-corrected chi connectivity index (χ4v) is 4.55. The van der Waals surface area contributed by atoms with Gasteiger partial charge in [-0.25, -0.2) is 4.39 Å². The van der Waals surface area contributed by atoms with Crippen LogP contribution in [0.4, 0.5) is 4.39 Å². The van der Waals surface area contributed by atoms with Crippen LogP contribution in [0.3, 0.4) is 0 Å². The van der Waals surface area contributed by atoms with Crippen LogP contribution in [0.5, 0.6) is 0 Å². The van der Waals surface area contributed by atoms with Crippen LogP contribution in [0.15, 0.2) is 42.5 Å². The third kappa shape index (κ3) is 5.31. The molecule has 0 heterocycles. The minimum Gasteiger partial charge on any atom is -0.295 e. The predicted octanol–water partition coefficient (Wildman–Crippen LogP) is 7.94. The Kier molecular flexibility index (Phi) is 7.42. The molecule has 28 heavy (non-hydrogen) atoms. The number of hydrogen-bond acceptors (Lipinski definition) is 1. The van der Waals surface area contributed by atoms with E-state index < -0.39 is 0 Å². The molecule has 0 N–H and O–H groups in total. The van der Waals surface area contributed by atoms with Crippen LogP contribution in [0.25, 0.3) is 11.1 Å². The molecule has 2 heteroatoms. The average molecular weight is 381 g/mol. The van der Waals surface area contributed by atoms with Gasteiger partial charge in [-0.15, -0.1) is 0 Å². The van der Waals surface area contributed by atoms with Gasteiger partial charge in [-0.1, -0.05) is 75.4 Å². The van der Waals surface area contributed by atoms with E-state index in [1.807, 2.05) is 18.2 Å². The summed E-state index contributed by atoms with van der Waals surface area (Å²) in [6.45, 7) is 3.81. The molecule has 1 nitrogen and oxygen atoms in total. The van der Waals surface area contributed by atoms with E-state index in [-0.39, 0.29) is 11.6 Å². The summed E-state index contributed by atoms with van der Waals surface area (Å²) in [6, 6.07) is 12.9. The molecule has 0 radical (unpaired) electrons. The van der Waals surface area contributed by atoms with E-state index in [2.05, 4.69) is 13.0 Å². The number of hydrogen-bond donors (Lipinski definition) is 0. The topological polar surface area (TPSA) is 17.1 Å². The molecule has 0 spiro atoms. The fraction of sp³-hybridized carbons (Fsp3) is 0.500. The zero-order chi connectivity index (χ0) is 19.9. The third-order valence-corrected chi connectivity index (χ3v) is 6.38. The van der Waals surface area contributed by atoms with Crippen molar-refractivity contribution in [2.75, 3.05) is 0 Å². The van der Waals surface area contributed by atoms with Crippen LogP contribution in [0.1, 0.15) is 93.5 Å². The SMILES string of the molecule is CCCCCCC1CCC(c2ccc(-c3ccc(C(C)=O)cc3)c(F)c2)CC1. The molecule has 0 amide bonds. The van der Waals surface area contributed by atoms with Crippen LogP contribution < -0.4 is 0 Å². The van der Waals surface area contributed by atoms with Gasteiger partial charge in [0.15, 0.2) is 5.78 Å². The van der Waals surface area contributed by atoms with Crippen molar-refractivity contribution in [3.05, 3.63) is 59.4 Å². The second-order valence-corrected chi connectivity index (χ2v) is 8.44. The van der Waals surface area contributed by atoms with E-state index in [0.717, 1.165) is 17.0 Å². The van der Waals surface area contributed by atoms with Gasteiger partial charge in [-0.3, -0.25) is 4.79 Å². The average Bonchev–Trinajstić information content (AvgIpc) is 2.72. The lowest BCUT2D eigenvalue weighted by atomic mass is 9.77. The molecule has 2 aromatic rings. The number of benzene rings is 2. The maximum atomic E-state index is 14.8. The third-order valence-electron chi connectivity index (χ3n) is 6.38. The molecule has 150 valence electrons. The normalized spacial score (nSPS) is 19.5. The molecular formula is C26H33FO. The Morgan fingerprint density at radius 2 is 1.68 bits per heavy atom. The van der Waals surface area contributed by atoms with Crippen molar-refractivity contribution in [1.29, 1.82) is 0 Å². The summed E-state index contributed by atoms with van der Waals surface area (Å²) in [5.74, 6) is 1.24. The van der Waals surface area contributed by atoms with Crippen molar-refractivity contribution in [2.24, 2.45) is 5.92 Å². The van der Waals surface area contributed by atoms with E-state index in [1.54, 1.807) is 25.1 Å². The molecule has 2 aromatic carbocycles. The maximum Gasteiger partial charge on any atom is 0.159 e. The summed E-state index contributed by atoms with van der Waals surface area (Å²) in [7, 11) is 0. The first-order valence-corrected chi connectivity index (χ1v) is 11.0. The number of halogens is 1. The van der Waals surface area contributed by atoms with E-state index in [1.165, 1.54) is 57.8 Å². The largest absolute Gasteiger partial charge is 0.295 e. The highest BCUT2D eigenvalue weighted by atomic mass is 19.1. The molecule has 0 unspecified atom stereocenters. The van der Waals surface area contributed by atoms with Gasteiger partial charge in [0, 0.05) is 11.1 Å². The van der Waals surface area contributed by atoms with Crippen molar-refractivity contribution in [3.8, 4) is 11.1 Å². The van der Waals surface area contributed by atoms with Crippen molar-refractivity contribution >= 4 is 5.78 Å². The molecule has 1 fully saturated rings. The van der Waals surface area contributed by atoms with Gasteiger partial charge in [0.2, 0.25) is 0 Å². The second kappa shape index (κ2) is 10.0. The Bertz CT molecular complexity index is 770. The molecule has 1 aliphatic carbocycles. The Labute approximate surface area is 169 Å². The predicted molar refractivity (Wildman–Crippen MR) is 115 cm³/mol. The highest BCUT2D eigenvalue weighted by molar-refractivity contribution is 5.94. The summed E-state index contributed by atoms with van der Waals surface area (Å²) in [6.07, 6.45) is 11.7. The second-order valence-electron chi connectivity index (χ2n) is 8.44. The number of rotatable bonds is 8. The maximum absolute atomic E-state index is 14.8. The van der Waals surface area contributed by atoms with E-state index >= 15 is 0 Å². The van der Waals surface area contributed by atoms with Gasteiger partial charge < -0.3 is 0 Å². The van der Waals surface area contributed by atoms with Gasteiger partial charge in [-0.05, 0) is 61.6 Å². The first-order chi connectivity index (χ1) is 13.6. The summed E-state index contributed by atoms with van der Waals surface area (Å²) < 4.78 is 14.8. The highest BCUT2D eigenvalue weighted by Crippen LogP contribution is 2.39. The molecular weight excluding hydrogens is 347 g/mol. The monoisotopic (exact) mass is 380 g/mol. The summed E-state index contributed by atoms with van der Waals surface area (Å²) in [5.41, 5.74) is 3.24. The number of carbonyl (C=O) groups is 1. The number of carbonyl (C=O) groups excluding carboxylic acids is 1. The van der Waals surface area contributed by atoms with E-state index in [9.17, 15) is 9.18 Å². The van der Waals surface area contributed by atoms with Crippen LogP contribution in [-0.2, 0) is 0 Å². The standard InChI is InChI=1S/C26H33FO/c1-3-4-5-6-7-20-8-10-22(11-9-20)24-16-17-25(26(27)18-24)23-14-12-21(13-15-23)19(2)28/h12-18,20,22H,3-11H2,1-2H3. The lowest BCUT2D eigenvalue weighted by molar-refractivity contribution is 0.101. The fourth-order valence-electron chi connectivity index (χ4n) is 4.55. The molecule has 1 aliphatic rings.